The third-order valence-corrected chi connectivity index (χ3v) is 6.72. The predicted molar refractivity (Wildman–Crippen MR) is 106 cm³/mol. The molecular formula is C22H38N2O2. The van der Waals surface area contributed by atoms with E-state index in [1.807, 2.05) is 0 Å². The third kappa shape index (κ3) is 5.10. The van der Waals surface area contributed by atoms with Gasteiger partial charge in [0.15, 0.2) is 0 Å². The van der Waals surface area contributed by atoms with Gasteiger partial charge in [-0.2, -0.15) is 0 Å². The molecule has 1 heterocycles. The van der Waals surface area contributed by atoms with Gasteiger partial charge in [-0.1, -0.05) is 38.8 Å². The first-order valence-corrected chi connectivity index (χ1v) is 11.0. The van der Waals surface area contributed by atoms with Crippen LogP contribution in [-0.2, 0) is 9.53 Å². The van der Waals surface area contributed by atoms with Crippen molar-refractivity contribution in [2.24, 2.45) is 23.7 Å². The van der Waals surface area contributed by atoms with Crippen molar-refractivity contribution >= 4 is 5.91 Å². The van der Waals surface area contributed by atoms with Crippen LogP contribution in [-0.4, -0.2) is 61.6 Å². The normalized spacial score (nSPS) is 29.2. The van der Waals surface area contributed by atoms with Gasteiger partial charge in [0.25, 0.3) is 0 Å². The van der Waals surface area contributed by atoms with E-state index in [1.54, 1.807) is 0 Å². The van der Waals surface area contributed by atoms with Gasteiger partial charge in [-0.15, -0.1) is 0 Å². The summed E-state index contributed by atoms with van der Waals surface area (Å²) < 4.78 is 5.47. The summed E-state index contributed by atoms with van der Waals surface area (Å²) in [5.41, 5.74) is 0. The van der Waals surface area contributed by atoms with Crippen LogP contribution in [0, 0.1) is 23.7 Å². The number of nitrogens with zero attached hydrogens (tertiary/aromatic N) is 2. The average Bonchev–Trinajstić information content (AvgIpc) is 3.29. The van der Waals surface area contributed by atoms with Gasteiger partial charge in [0.2, 0.25) is 5.91 Å². The molecule has 1 amide bonds. The molecule has 2 aliphatic carbocycles. The number of carbonyl (C=O) groups is 1. The van der Waals surface area contributed by atoms with E-state index in [2.05, 4.69) is 35.8 Å². The van der Waals surface area contributed by atoms with Crippen molar-refractivity contribution in [1.29, 1.82) is 0 Å². The minimum absolute atomic E-state index is 0.216. The van der Waals surface area contributed by atoms with Crippen LogP contribution in [0.15, 0.2) is 12.2 Å². The molecule has 3 aliphatic rings. The lowest BCUT2D eigenvalue weighted by Crippen LogP contribution is -2.46. The molecule has 148 valence electrons. The molecule has 3 rings (SSSR count). The fourth-order valence-electron chi connectivity index (χ4n) is 4.98. The van der Waals surface area contributed by atoms with E-state index in [-0.39, 0.29) is 5.92 Å². The van der Waals surface area contributed by atoms with Crippen molar-refractivity contribution in [2.45, 2.75) is 52.4 Å². The van der Waals surface area contributed by atoms with E-state index < -0.39 is 0 Å². The first-order chi connectivity index (χ1) is 12.7. The second-order valence-corrected chi connectivity index (χ2v) is 8.53. The molecule has 0 radical (unpaired) electrons. The Morgan fingerprint density at radius 3 is 2.65 bits per heavy atom. The molecule has 0 N–H and O–H groups in total. The van der Waals surface area contributed by atoms with E-state index in [9.17, 15) is 4.79 Å². The highest BCUT2D eigenvalue weighted by Crippen LogP contribution is 2.43. The van der Waals surface area contributed by atoms with Gasteiger partial charge in [0.05, 0.1) is 13.2 Å². The zero-order chi connectivity index (χ0) is 18.4. The smallest absolute Gasteiger partial charge is 0.225 e. The Labute approximate surface area is 159 Å². The van der Waals surface area contributed by atoms with Crippen LogP contribution in [0.2, 0.25) is 0 Å². The zero-order valence-corrected chi connectivity index (χ0v) is 16.9. The maximum Gasteiger partial charge on any atom is 0.225 e. The minimum atomic E-state index is 0.216. The Bertz CT molecular complexity index is 473. The Morgan fingerprint density at radius 1 is 1.23 bits per heavy atom. The van der Waals surface area contributed by atoms with E-state index in [0.29, 0.717) is 11.8 Å². The van der Waals surface area contributed by atoms with Crippen molar-refractivity contribution in [3.05, 3.63) is 12.2 Å². The summed E-state index contributed by atoms with van der Waals surface area (Å²) in [5, 5.41) is 0. The van der Waals surface area contributed by atoms with Crippen LogP contribution < -0.4 is 0 Å². The van der Waals surface area contributed by atoms with Crippen molar-refractivity contribution in [1.82, 2.24) is 9.80 Å². The van der Waals surface area contributed by atoms with Crippen LogP contribution in [0.5, 0.6) is 0 Å². The second-order valence-electron chi connectivity index (χ2n) is 8.53. The molecule has 2 fully saturated rings. The summed E-state index contributed by atoms with van der Waals surface area (Å²) in [6.07, 6.45) is 11.8. The zero-order valence-electron chi connectivity index (χ0n) is 16.9. The molecule has 1 saturated heterocycles. The van der Waals surface area contributed by atoms with Gasteiger partial charge in [-0.25, -0.2) is 0 Å². The highest BCUT2D eigenvalue weighted by molar-refractivity contribution is 5.78. The highest BCUT2D eigenvalue weighted by atomic mass is 16.5. The van der Waals surface area contributed by atoms with E-state index in [1.165, 1.54) is 25.7 Å². The Balaban J connectivity index is 1.59. The topological polar surface area (TPSA) is 32.8 Å². The number of ether oxygens (including phenoxy) is 1. The number of rotatable bonds is 10. The molecule has 0 spiro atoms. The number of fused-ring (bicyclic) bond motifs is 2. The molecule has 4 nitrogen and oxygen atoms in total. The highest BCUT2D eigenvalue weighted by Gasteiger charge is 2.37. The Kier molecular flexibility index (Phi) is 7.56. The summed E-state index contributed by atoms with van der Waals surface area (Å²) >= 11 is 0. The van der Waals surface area contributed by atoms with Crippen LogP contribution in [0.25, 0.3) is 0 Å². The monoisotopic (exact) mass is 362 g/mol. The van der Waals surface area contributed by atoms with Gasteiger partial charge in [0.1, 0.15) is 0 Å². The summed E-state index contributed by atoms with van der Waals surface area (Å²) in [7, 11) is 0. The SMILES string of the molecule is CCCCC(CC)C(=O)N(CCN1CCOCC1)CC1CC2C=CC1C2. The maximum absolute atomic E-state index is 13.3. The molecule has 0 aromatic carbocycles. The lowest BCUT2D eigenvalue weighted by Gasteiger charge is -2.34. The van der Waals surface area contributed by atoms with E-state index >= 15 is 0 Å². The Morgan fingerprint density at radius 2 is 2.04 bits per heavy atom. The Hall–Kier alpha value is -0.870. The van der Waals surface area contributed by atoms with E-state index in [4.69, 9.17) is 4.74 Å². The molecule has 4 heteroatoms. The molecule has 4 unspecified atom stereocenters. The van der Waals surface area contributed by atoms with Crippen molar-refractivity contribution in [3.63, 3.8) is 0 Å². The third-order valence-electron chi connectivity index (χ3n) is 6.72. The van der Waals surface area contributed by atoms with Gasteiger partial charge in [-0.3, -0.25) is 9.69 Å². The lowest BCUT2D eigenvalue weighted by molar-refractivity contribution is -0.137. The van der Waals surface area contributed by atoms with E-state index in [0.717, 1.165) is 70.6 Å². The number of amides is 1. The average molecular weight is 363 g/mol. The number of hydrogen-bond donors (Lipinski definition) is 0. The van der Waals surface area contributed by atoms with Crippen molar-refractivity contribution < 1.29 is 9.53 Å². The largest absolute Gasteiger partial charge is 0.379 e. The number of carbonyl (C=O) groups excluding carboxylic acids is 1. The van der Waals surface area contributed by atoms with Gasteiger partial charge in [-0.05, 0) is 43.4 Å². The summed E-state index contributed by atoms with van der Waals surface area (Å²) in [4.78, 5) is 18.0. The van der Waals surface area contributed by atoms with Crippen LogP contribution in [0.4, 0.5) is 0 Å². The maximum atomic E-state index is 13.3. The standard InChI is InChI=1S/C22H38N2O2/c1-3-5-6-19(4-2)22(25)24(10-9-23-11-13-26-14-12-23)17-21-16-18-7-8-20(21)15-18/h7-8,18-21H,3-6,9-17H2,1-2H3. The van der Waals surface area contributed by atoms with Crippen molar-refractivity contribution in [3.8, 4) is 0 Å². The quantitative estimate of drug-likeness (QED) is 0.557. The second kappa shape index (κ2) is 9.89. The lowest BCUT2D eigenvalue weighted by atomic mass is 9.91. The van der Waals surface area contributed by atoms with Gasteiger partial charge in [0, 0.05) is 38.6 Å². The fourth-order valence-corrected chi connectivity index (χ4v) is 4.98. The molecule has 2 bridgehead atoms. The fraction of sp³-hybridized carbons (Fsp3) is 0.864. The molecule has 1 saturated carbocycles. The predicted octanol–water partition coefficient (Wildman–Crippen LogP) is 3.58. The van der Waals surface area contributed by atoms with Gasteiger partial charge < -0.3 is 9.64 Å². The molecule has 26 heavy (non-hydrogen) atoms. The van der Waals surface area contributed by atoms with Crippen LogP contribution in [0.3, 0.4) is 0 Å². The molecule has 4 atom stereocenters. The first-order valence-electron chi connectivity index (χ1n) is 11.0. The van der Waals surface area contributed by atoms with Gasteiger partial charge >= 0.3 is 0 Å². The minimum Gasteiger partial charge on any atom is -0.379 e. The number of allylic oxidation sites excluding steroid dienone is 2. The first kappa shape index (κ1) is 19.9. The molecule has 1 aliphatic heterocycles. The van der Waals surface area contributed by atoms with Crippen LogP contribution in [0.1, 0.15) is 52.4 Å². The molecule has 0 aromatic heterocycles. The summed E-state index contributed by atoms with van der Waals surface area (Å²) in [6.45, 7) is 10.9. The molecular weight excluding hydrogens is 324 g/mol. The van der Waals surface area contributed by atoms with Crippen LogP contribution >= 0.6 is 0 Å². The number of unbranched alkanes of at least 4 members (excludes halogenated alkanes) is 1. The molecule has 0 aromatic rings. The van der Waals surface area contributed by atoms with Crippen molar-refractivity contribution in [2.75, 3.05) is 45.9 Å². The summed E-state index contributed by atoms with van der Waals surface area (Å²) in [5.74, 6) is 2.81. The number of hydrogen-bond acceptors (Lipinski definition) is 3. The summed E-state index contributed by atoms with van der Waals surface area (Å²) in [6, 6.07) is 0. The number of morpholine rings is 1.